The van der Waals surface area contributed by atoms with Crippen LogP contribution in [0, 0.1) is 6.92 Å². The van der Waals surface area contributed by atoms with Crippen molar-refractivity contribution in [2.24, 2.45) is 0 Å². The molecule has 0 saturated carbocycles. The molecule has 0 aliphatic carbocycles. The van der Waals surface area contributed by atoms with Gasteiger partial charge in [0.05, 0.1) is 5.56 Å². The molecule has 0 aromatic heterocycles. The Balaban J connectivity index is 2.19. The van der Waals surface area contributed by atoms with Gasteiger partial charge >= 0.3 is 12.0 Å². The van der Waals surface area contributed by atoms with Crippen molar-refractivity contribution >= 4 is 17.7 Å². The Morgan fingerprint density at radius 3 is 2.43 bits per heavy atom. The van der Waals surface area contributed by atoms with Crippen LogP contribution in [0.4, 0.5) is 10.5 Å². The van der Waals surface area contributed by atoms with E-state index >= 15 is 0 Å². The normalized spacial score (nSPS) is 22.0. The zero-order valence-electron chi connectivity index (χ0n) is 12.7. The third-order valence-electron chi connectivity index (χ3n) is 4.15. The van der Waals surface area contributed by atoms with Crippen molar-refractivity contribution in [3.63, 3.8) is 0 Å². The molecule has 1 fully saturated rings. The third kappa shape index (κ3) is 3.35. The van der Waals surface area contributed by atoms with Gasteiger partial charge in [0, 0.05) is 17.8 Å². The summed E-state index contributed by atoms with van der Waals surface area (Å²) in [6, 6.07) is 5.02. The summed E-state index contributed by atoms with van der Waals surface area (Å²) in [6.45, 7) is 5.95. The van der Waals surface area contributed by atoms with E-state index in [-0.39, 0.29) is 23.7 Å². The van der Waals surface area contributed by atoms with Gasteiger partial charge in [0.15, 0.2) is 0 Å². The second-order valence-corrected chi connectivity index (χ2v) is 5.80. The molecule has 2 amide bonds. The molecule has 1 aliphatic heterocycles. The molecule has 0 unspecified atom stereocenters. The predicted octanol–water partition coefficient (Wildman–Crippen LogP) is 3.49. The molecular weight excluding hydrogens is 268 g/mol. The van der Waals surface area contributed by atoms with Crippen LogP contribution in [-0.2, 0) is 0 Å². The quantitative estimate of drug-likeness (QED) is 0.876. The minimum Gasteiger partial charge on any atom is -0.478 e. The SMILES string of the molecule is Cc1ccc(C(=O)O)cc1NC(=O)N1[C@H](C)CCC[C@@H]1C. The molecule has 21 heavy (non-hydrogen) atoms. The average Bonchev–Trinajstić information content (AvgIpc) is 2.40. The van der Waals surface area contributed by atoms with E-state index in [4.69, 9.17) is 5.11 Å². The standard InChI is InChI=1S/C16H22N2O3/c1-10-7-8-13(15(19)20)9-14(10)17-16(21)18-11(2)5-4-6-12(18)3/h7-9,11-12H,4-6H2,1-3H3,(H,17,21)(H,19,20)/t11-,12+. The lowest BCUT2D eigenvalue weighted by Gasteiger charge is -2.39. The van der Waals surface area contributed by atoms with Crippen LogP contribution < -0.4 is 5.32 Å². The number of carboxylic acid groups (broad SMARTS) is 1. The number of urea groups is 1. The van der Waals surface area contributed by atoms with Crippen molar-refractivity contribution in [1.82, 2.24) is 4.90 Å². The van der Waals surface area contributed by atoms with E-state index in [1.807, 2.05) is 11.8 Å². The average molecular weight is 290 g/mol. The lowest BCUT2D eigenvalue weighted by atomic mass is 9.98. The van der Waals surface area contributed by atoms with Crippen molar-refractivity contribution < 1.29 is 14.7 Å². The first-order chi connectivity index (χ1) is 9.90. The highest BCUT2D eigenvalue weighted by Crippen LogP contribution is 2.24. The number of aromatic carboxylic acids is 1. The summed E-state index contributed by atoms with van der Waals surface area (Å²) >= 11 is 0. The highest BCUT2D eigenvalue weighted by Gasteiger charge is 2.29. The Morgan fingerprint density at radius 1 is 1.24 bits per heavy atom. The molecule has 114 valence electrons. The Kier molecular flexibility index (Phi) is 4.50. The van der Waals surface area contributed by atoms with E-state index < -0.39 is 5.97 Å². The monoisotopic (exact) mass is 290 g/mol. The van der Waals surface area contributed by atoms with E-state index in [1.165, 1.54) is 6.07 Å². The first kappa shape index (κ1) is 15.4. The van der Waals surface area contributed by atoms with Crippen LogP contribution in [0.25, 0.3) is 0 Å². The maximum Gasteiger partial charge on any atom is 0.335 e. The summed E-state index contributed by atoms with van der Waals surface area (Å²) in [5.41, 5.74) is 1.59. The van der Waals surface area contributed by atoms with Crippen molar-refractivity contribution in [2.75, 3.05) is 5.32 Å². The lowest BCUT2D eigenvalue weighted by molar-refractivity contribution is 0.0696. The topological polar surface area (TPSA) is 69.6 Å². The molecule has 1 aromatic rings. The van der Waals surface area contributed by atoms with Gasteiger partial charge in [0.1, 0.15) is 0 Å². The van der Waals surface area contributed by atoms with Crippen LogP contribution in [0.1, 0.15) is 49.0 Å². The van der Waals surface area contributed by atoms with Crippen molar-refractivity contribution in [2.45, 2.75) is 52.1 Å². The Bertz CT molecular complexity index is 546. The zero-order valence-corrected chi connectivity index (χ0v) is 12.7. The first-order valence-electron chi connectivity index (χ1n) is 7.33. The molecule has 5 nitrogen and oxygen atoms in total. The Labute approximate surface area is 125 Å². The number of hydrogen-bond acceptors (Lipinski definition) is 2. The first-order valence-corrected chi connectivity index (χ1v) is 7.33. The number of piperidine rings is 1. The molecule has 0 bridgehead atoms. The number of likely N-dealkylation sites (tertiary alicyclic amines) is 1. The number of carboxylic acids is 1. The maximum atomic E-state index is 12.5. The number of benzene rings is 1. The number of carbonyl (C=O) groups excluding carboxylic acids is 1. The van der Waals surface area contributed by atoms with Gasteiger partial charge < -0.3 is 15.3 Å². The fourth-order valence-corrected chi connectivity index (χ4v) is 2.89. The third-order valence-corrected chi connectivity index (χ3v) is 4.15. The Hall–Kier alpha value is -2.04. The van der Waals surface area contributed by atoms with Gasteiger partial charge in [-0.2, -0.15) is 0 Å². The highest BCUT2D eigenvalue weighted by molar-refractivity contribution is 5.94. The number of rotatable bonds is 2. The van der Waals surface area contributed by atoms with E-state index in [0.717, 1.165) is 24.8 Å². The van der Waals surface area contributed by atoms with E-state index in [9.17, 15) is 9.59 Å². The number of hydrogen-bond donors (Lipinski definition) is 2. The number of amides is 2. The molecule has 2 N–H and O–H groups in total. The van der Waals surface area contributed by atoms with Crippen LogP contribution in [0.15, 0.2) is 18.2 Å². The molecule has 1 heterocycles. The summed E-state index contributed by atoms with van der Waals surface area (Å²) in [5, 5.41) is 11.9. The van der Waals surface area contributed by atoms with Crippen LogP contribution in [0.2, 0.25) is 0 Å². The lowest BCUT2D eigenvalue weighted by Crippen LogP contribution is -2.49. The van der Waals surface area contributed by atoms with E-state index in [1.54, 1.807) is 12.1 Å². The molecule has 5 heteroatoms. The smallest absolute Gasteiger partial charge is 0.335 e. The molecule has 2 rings (SSSR count). The number of anilines is 1. The second-order valence-electron chi connectivity index (χ2n) is 5.80. The Morgan fingerprint density at radius 2 is 1.86 bits per heavy atom. The van der Waals surface area contributed by atoms with Crippen molar-refractivity contribution in [3.05, 3.63) is 29.3 Å². The van der Waals surface area contributed by atoms with Crippen molar-refractivity contribution in [3.8, 4) is 0 Å². The largest absolute Gasteiger partial charge is 0.478 e. The highest BCUT2D eigenvalue weighted by atomic mass is 16.4. The van der Waals surface area contributed by atoms with Crippen molar-refractivity contribution in [1.29, 1.82) is 0 Å². The van der Waals surface area contributed by atoms with Gasteiger partial charge in [0.25, 0.3) is 0 Å². The summed E-state index contributed by atoms with van der Waals surface area (Å²) in [4.78, 5) is 25.4. The minimum absolute atomic E-state index is 0.152. The van der Waals surface area contributed by atoms with Crippen LogP contribution in [-0.4, -0.2) is 34.1 Å². The fraction of sp³-hybridized carbons (Fsp3) is 0.500. The summed E-state index contributed by atoms with van der Waals surface area (Å²) in [7, 11) is 0. The van der Waals surface area contributed by atoms with Crippen LogP contribution in [0.5, 0.6) is 0 Å². The number of carbonyl (C=O) groups is 2. The van der Waals surface area contributed by atoms with Gasteiger partial charge in [-0.05, 0) is 57.7 Å². The van der Waals surface area contributed by atoms with Gasteiger partial charge in [-0.3, -0.25) is 0 Å². The van der Waals surface area contributed by atoms with Gasteiger partial charge in [0.2, 0.25) is 0 Å². The maximum absolute atomic E-state index is 12.5. The summed E-state index contributed by atoms with van der Waals surface area (Å²) in [6.07, 6.45) is 3.15. The summed E-state index contributed by atoms with van der Waals surface area (Å²) < 4.78 is 0. The van der Waals surface area contributed by atoms with Gasteiger partial charge in [-0.1, -0.05) is 6.07 Å². The van der Waals surface area contributed by atoms with Gasteiger partial charge in [-0.25, -0.2) is 9.59 Å². The second kappa shape index (κ2) is 6.16. The van der Waals surface area contributed by atoms with E-state index in [0.29, 0.717) is 5.69 Å². The molecule has 0 radical (unpaired) electrons. The van der Waals surface area contributed by atoms with Crippen LogP contribution >= 0.6 is 0 Å². The predicted molar refractivity (Wildman–Crippen MR) is 81.8 cm³/mol. The van der Waals surface area contributed by atoms with E-state index in [2.05, 4.69) is 19.2 Å². The zero-order chi connectivity index (χ0) is 15.6. The molecule has 1 aromatic carbocycles. The molecule has 1 aliphatic rings. The van der Waals surface area contributed by atoms with Gasteiger partial charge in [-0.15, -0.1) is 0 Å². The fourth-order valence-electron chi connectivity index (χ4n) is 2.89. The molecular formula is C16H22N2O3. The van der Waals surface area contributed by atoms with Crippen LogP contribution in [0.3, 0.4) is 0 Å². The summed E-state index contributed by atoms with van der Waals surface area (Å²) in [5.74, 6) is -0.995. The number of nitrogens with one attached hydrogen (secondary N) is 1. The number of aryl methyl sites for hydroxylation is 1. The molecule has 0 spiro atoms. The molecule has 1 saturated heterocycles. The molecule has 2 atom stereocenters. The minimum atomic E-state index is -0.995. The number of nitrogens with zero attached hydrogens (tertiary/aromatic N) is 1.